The molecule has 3 rings (SSSR count). The van der Waals surface area contributed by atoms with Gasteiger partial charge in [0.05, 0.1) is 12.1 Å². The second-order valence-corrected chi connectivity index (χ2v) is 7.17. The molecule has 0 spiro atoms. The van der Waals surface area contributed by atoms with E-state index in [2.05, 4.69) is 47.3 Å². The molecule has 1 aliphatic rings. The Bertz CT molecular complexity index is 735. The highest BCUT2D eigenvalue weighted by Crippen LogP contribution is 2.34. The van der Waals surface area contributed by atoms with Gasteiger partial charge in [-0.3, -0.25) is 9.48 Å². The zero-order valence-electron chi connectivity index (χ0n) is 15.8. The van der Waals surface area contributed by atoms with E-state index < -0.39 is 0 Å². The SMILES string of the molecule is CC[C@H](c1ccccc1)[C@H]1CCCN1C(=O)Cc1c(C)nn(C)c1C. The van der Waals surface area contributed by atoms with E-state index in [0.29, 0.717) is 18.4 Å². The van der Waals surface area contributed by atoms with E-state index in [1.165, 1.54) is 5.56 Å². The Morgan fingerprint density at radius 3 is 2.60 bits per heavy atom. The van der Waals surface area contributed by atoms with Gasteiger partial charge in [0, 0.05) is 36.8 Å². The average molecular weight is 339 g/mol. The molecule has 0 N–H and O–H groups in total. The number of aromatic nitrogens is 2. The van der Waals surface area contributed by atoms with Gasteiger partial charge in [0.15, 0.2) is 0 Å². The molecule has 4 heteroatoms. The molecule has 1 aliphatic heterocycles. The number of rotatable bonds is 5. The third-order valence-electron chi connectivity index (χ3n) is 5.74. The Labute approximate surface area is 150 Å². The molecule has 2 atom stereocenters. The first-order chi connectivity index (χ1) is 12.0. The molecule has 25 heavy (non-hydrogen) atoms. The topological polar surface area (TPSA) is 38.1 Å². The summed E-state index contributed by atoms with van der Waals surface area (Å²) in [4.78, 5) is 15.2. The quantitative estimate of drug-likeness (QED) is 0.832. The van der Waals surface area contributed by atoms with E-state index >= 15 is 0 Å². The predicted octanol–water partition coefficient (Wildman–Crippen LogP) is 3.76. The first kappa shape index (κ1) is 17.7. The van der Waals surface area contributed by atoms with Crippen LogP contribution in [-0.2, 0) is 18.3 Å². The van der Waals surface area contributed by atoms with E-state index in [4.69, 9.17) is 0 Å². The molecule has 2 heterocycles. The molecule has 0 saturated carbocycles. The van der Waals surface area contributed by atoms with Crippen molar-refractivity contribution < 1.29 is 4.79 Å². The van der Waals surface area contributed by atoms with E-state index in [1.807, 2.05) is 25.6 Å². The standard InChI is InChI=1S/C21H29N3O/c1-5-18(17-10-7-6-8-11-17)20-12-9-13-24(20)21(25)14-19-15(2)22-23(4)16(19)3/h6-8,10-11,18,20H,5,9,12-14H2,1-4H3/t18-,20-/m1/s1. The molecule has 134 valence electrons. The molecule has 2 aromatic rings. The minimum absolute atomic E-state index is 0.246. The smallest absolute Gasteiger partial charge is 0.227 e. The van der Waals surface area contributed by atoms with Crippen molar-refractivity contribution >= 4 is 5.91 Å². The minimum Gasteiger partial charge on any atom is -0.339 e. The van der Waals surface area contributed by atoms with Crippen LogP contribution in [0.4, 0.5) is 0 Å². The summed E-state index contributed by atoms with van der Waals surface area (Å²) in [6.45, 7) is 7.15. The maximum absolute atomic E-state index is 13.1. The fourth-order valence-electron chi connectivity index (χ4n) is 4.28. The van der Waals surface area contributed by atoms with E-state index in [9.17, 15) is 4.79 Å². The van der Waals surface area contributed by atoms with E-state index in [0.717, 1.165) is 42.8 Å². The average Bonchev–Trinajstić information content (AvgIpc) is 3.17. The first-order valence-corrected chi connectivity index (χ1v) is 9.36. The molecule has 0 unspecified atom stereocenters. The van der Waals surface area contributed by atoms with Gasteiger partial charge < -0.3 is 4.90 Å². The van der Waals surface area contributed by atoms with Gasteiger partial charge in [-0.25, -0.2) is 0 Å². The van der Waals surface area contributed by atoms with Gasteiger partial charge in [-0.1, -0.05) is 37.3 Å². The fourth-order valence-corrected chi connectivity index (χ4v) is 4.28. The number of amides is 1. The van der Waals surface area contributed by atoms with Crippen LogP contribution in [0.5, 0.6) is 0 Å². The summed E-state index contributed by atoms with van der Waals surface area (Å²) in [7, 11) is 1.94. The van der Waals surface area contributed by atoms with Crippen molar-refractivity contribution in [1.82, 2.24) is 14.7 Å². The Morgan fingerprint density at radius 1 is 1.28 bits per heavy atom. The van der Waals surface area contributed by atoms with E-state index in [-0.39, 0.29) is 5.91 Å². The molecule has 1 amide bonds. The summed E-state index contributed by atoms with van der Waals surface area (Å²) in [5.74, 6) is 0.667. The van der Waals surface area contributed by atoms with Crippen LogP contribution in [-0.4, -0.2) is 33.2 Å². The lowest BCUT2D eigenvalue weighted by Crippen LogP contribution is -2.40. The third-order valence-corrected chi connectivity index (χ3v) is 5.74. The van der Waals surface area contributed by atoms with Crippen molar-refractivity contribution in [2.75, 3.05) is 6.54 Å². The molecular formula is C21H29N3O. The van der Waals surface area contributed by atoms with Crippen molar-refractivity contribution in [3.05, 3.63) is 52.8 Å². The van der Waals surface area contributed by atoms with Crippen molar-refractivity contribution in [3.8, 4) is 0 Å². The zero-order valence-corrected chi connectivity index (χ0v) is 15.8. The largest absolute Gasteiger partial charge is 0.339 e. The summed E-state index contributed by atoms with van der Waals surface area (Å²) in [6, 6.07) is 11.0. The van der Waals surface area contributed by atoms with Crippen molar-refractivity contribution in [1.29, 1.82) is 0 Å². The van der Waals surface area contributed by atoms with Gasteiger partial charge in [-0.2, -0.15) is 5.10 Å². The fraction of sp³-hybridized carbons (Fsp3) is 0.524. The van der Waals surface area contributed by atoms with Crippen LogP contribution in [0.2, 0.25) is 0 Å². The maximum atomic E-state index is 13.1. The molecule has 1 saturated heterocycles. The number of carbonyl (C=O) groups is 1. The van der Waals surface area contributed by atoms with Crippen LogP contribution in [0, 0.1) is 13.8 Å². The van der Waals surface area contributed by atoms with Crippen LogP contribution in [0.25, 0.3) is 0 Å². The van der Waals surface area contributed by atoms with Crippen molar-refractivity contribution in [2.24, 2.45) is 7.05 Å². The summed E-state index contributed by atoms with van der Waals surface area (Å²) >= 11 is 0. The molecular weight excluding hydrogens is 310 g/mol. The monoisotopic (exact) mass is 339 g/mol. The number of aryl methyl sites for hydroxylation is 2. The highest BCUT2D eigenvalue weighted by Gasteiger charge is 2.34. The van der Waals surface area contributed by atoms with Crippen LogP contribution < -0.4 is 0 Å². The molecule has 0 radical (unpaired) electrons. The highest BCUT2D eigenvalue weighted by atomic mass is 16.2. The molecule has 1 aromatic heterocycles. The van der Waals surface area contributed by atoms with Gasteiger partial charge >= 0.3 is 0 Å². The van der Waals surface area contributed by atoms with Gasteiger partial charge in [0.1, 0.15) is 0 Å². The molecule has 1 aromatic carbocycles. The summed E-state index contributed by atoms with van der Waals surface area (Å²) in [5.41, 5.74) is 4.50. The Kier molecular flexibility index (Phi) is 5.26. The molecule has 0 bridgehead atoms. The first-order valence-electron chi connectivity index (χ1n) is 9.36. The van der Waals surface area contributed by atoms with Gasteiger partial charge in [0.25, 0.3) is 0 Å². The highest BCUT2D eigenvalue weighted by molar-refractivity contribution is 5.80. The lowest BCUT2D eigenvalue weighted by atomic mass is 9.87. The second kappa shape index (κ2) is 7.42. The number of hydrogen-bond acceptors (Lipinski definition) is 2. The van der Waals surface area contributed by atoms with Gasteiger partial charge in [-0.05, 0) is 38.7 Å². The summed E-state index contributed by atoms with van der Waals surface area (Å²) in [6.07, 6.45) is 3.73. The Morgan fingerprint density at radius 2 is 2.00 bits per heavy atom. The van der Waals surface area contributed by atoms with Crippen LogP contribution in [0.1, 0.15) is 54.6 Å². The van der Waals surface area contributed by atoms with Crippen molar-refractivity contribution in [2.45, 2.75) is 58.4 Å². The lowest BCUT2D eigenvalue weighted by Gasteiger charge is -2.32. The van der Waals surface area contributed by atoms with Crippen LogP contribution in [0.15, 0.2) is 30.3 Å². The number of hydrogen-bond donors (Lipinski definition) is 0. The second-order valence-electron chi connectivity index (χ2n) is 7.17. The third kappa shape index (κ3) is 3.48. The van der Waals surface area contributed by atoms with Crippen LogP contribution >= 0.6 is 0 Å². The minimum atomic E-state index is 0.246. The summed E-state index contributed by atoms with van der Waals surface area (Å²) < 4.78 is 1.87. The number of likely N-dealkylation sites (tertiary alicyclic amines) is 1. The van der Waals surface area contributed by atoms with Gasteiger partial charge in [0.2, 0.25) is 5.91 Å². The predicted molar refractivity (Wildman–Crippen MR) is 101 cm³/mol. The molecule has 0 aliphatic carbocycles. The van der Waals surface area contributed by atoms with E-state index in [1.54, 1.807) is 0 Å². The molecule has 1 fully saturated rings. The number of carbonyl (C=O) groups excluding carboxylic acids is 1. The Balaban J connectivity index is 1.79. The maximum Gasteiger partial charge on any atom is 0.227 e. The number of nitrogens with zero attached hydrogens (tertiary/aromatic N) is 3. The lowest BCUT2D eigenvalue weighted by molar-refractivity contribution is -0.131. The van der Waals surface area contributed by atoms with Gasteiger partial charge in [-0.15, -0.1) is 0 Å². The zero-order chi connectivity index (χ0) is 18.0. The molecule has 4 nitrogen and oxygen atoms in total. The number of benzene rings is 1. The summed E-state index contributed by atoms with van der Waals surface area (Å²) in [5, 5.41) is 4.45. The normalized spacial score (nSPS) is 18.6. The van der Waals surface area contributed by atoms with Crippen molar-refractivity contribution in [3.63, 3.8) is 0 Å². The van der Waals surface area contributed by atoms with Crippen LogP contribution in [0.3, 0.4) is 0 Å². The Hall–Kier alpha value is -2.10.